The summed E-state index contributed by atoms with van der Waals surface area (Å²) in [6.45, 7) is 6.58. The summed E-state index contributed by atoms with van der Waals surface area (Å²) in [6, 6.07) is 1.79. The Bertz CT molecular complexity index is 372. The summed E-state index contributed by atoms with van der Waals surface area (Å²) in [7, 11) is 0. The summed E-state index contributed by atoms with van der Waals surface area (Å²) in [6.07, 6.45) is 0.814. The molecule has 0 saturated heterocycles. The van der Waals surface area contributed by atoms with Crippen molar-refractivity contribution in [1.82, 2.24) is 0 Å². The van der Waals surface area contributed by atoms with Gasteiger partial charge in [-0.15, -0.1) is 0 Å². The van der Waals surface area contributed by atoms with Crippen LogP contribution >= 0.6 is 0 Å². The lowest BCUT2D eigenvalue weighted by molar-refractivity contribution is -0.174. The number of aliphatic carboxylic acids is 2. The molecule has 0 aromatic rings. The van der Waals surface area contributed by atoms with Crippen LogP contribution in [0.2, 0.25) is 0 Å². The first-order valence-corrected chi connectivity index (χ1v) is 6.14. The van der Waals surface area contributed by atoms with Gasteiger partial charge in [0.05, 0.1) is 11.5 Å². The van der Waals surface area contributed by atoms with Crippen molar-refractivity contribution in [3.05, 3.63) is 0 Å². The minimum atomic E-state index is -1.90. The Kier molecular flexibility index (Phi) is 5.34. The zero-order chi connectivity index (χ0) is 14.6. The Hall–Kier alpha value is -1.57. The molecule has 0 aromatic carbocycles. The second kappa shape index (κ2) is 5.85. The highest BCUT2D eigenvalue weighted by Crippen LogP contribution is 2.51. The van der Waals surface area contributed by atoms with Crippen LogP contribution in [0.25, 0.3) is 0 Å². The van der Waals surface area contributed by atoms with Gasteiger partial charge in [0, 0.05) is 0 Å². The molecule has 0 aliphatic carbocycles. The summed E-state index contributed by atoms with van der Waals surface area (Å²) in [5, 5.41) is 28.3. The number of hydrogen-bond acceptors (Lipinski definition) is 3. The highest BCUT2D eigenvalue weighted by molar-refractivity contribution is 5.89. The number of nitriles is 1. The molecule has 0 heterocycles. The van der Waals surface area contributed by atoms with E-state index in [4.69, 9.17) is 0 Å². The van der Waals surface area contributed by atoms with E-state index in [1.807, 2.05) is 0 Å². The summed E-state index contributed by atoms with van der Waals surface area (Å²) >= 11 is 0. The maximum Gasteiger partial charge on any atom is 0.325 e. The van der Waals surface area contributed by atoms with Gasteiger partial charge >= 0.3 is 11.9 Å². The molecule has 0 aliphatic heterocycles. The smallest absolute Gasteiger partial charge is 0.325 e. The fourth-order valence-corrected chi connectivity index (χ4v) is 2.79. The van der Waals surface area contributed by atoms with Crippen LogP contribution in [0, 0.1) is 28.1 Å². The van der Waals surface area contributed by atoms with Crippen LogP contribution in [0.5, 0.6) is 0 Å². The van der Waals surface area contributed by atoms with Crippen molar-refractivity contribution in [2.45, 2.75) is 47.0 Å². The molecule has 0 aliphatic rings. The Morgan fingerprint density at radius 1 is 1.22 bits per heavy atom. The van der Waals surface area contributed by atoms with Gasteiger partial charge in [-0.05, 0) is 18.8 Å². The summed E-state index contributed by atoms with van der Waals surface area (Å²) in [4.78, 5) is 23.2. The van der Waals surface area contributed by atoms with Crippen LogP contribution in [0.4, 0.5) is 0 Å². The van der Waals surface area contributed by atoms with Gasteiger partial charge in [0.15, 0.2) is 5.41 Å². The van der Waals surface area contributed by atoms with Crippen LogP contribution in [0.1, 0.15) is 47.0 Å². The lowest BCUT2D eigenvalue weighted by atomic mass is 9.55. The third-order valence-electron chi connectivity index (χ3n) is 3.82. The Morgan fingerprint density at radius 2 is 1.72 bits per heavy atom. The van der Waals surface area contributed by atoms with Gasteiger partial charge in [-0.2, -0.15) is 5.26 Å². The quantitative estimate of drug-likeness (QED) is 0.728. The van der Waals surface area contributed by atoms with Gasteiger partial charge in [-0.25, -0.2) is 0 Å². The first kappa shape index (κ1) is 16.4. The number of carboxylic acids is 2. The Morgan fingerprint density at radius 3 is 1.89 bits per heavy atom. The number of nitrogens with zero attached hydrogens (tertiary/aromatic N) is 1. The minimum absolute atomic E-state index is 0.119. The first-order chi connectivity index (χ1) is 8.26. The van der Waals surface area contributed by atoms with E-state index in [0.717, 1.165) is 0 Å². The number of carbonyl (C=O) groups is 2. The van der Waals surface area contributed by atoms with Gasteiger partial charge in [-0.1, -0.05) is 34.1 Å². The van der Waals surface area contributed by atoms with E-state index in [0.29, 0.717) is 6.42 Å². The van der Waals surface area contributed by atoms with E-state index in [-0.39, 0.29) is 12.8 Å². The van der Waals surface area contributed by atoms with Crippen molar-refractivity contribution in [3.63, 3.8) is 0 Å². The van der Waals surface area contributed by atoms with Gasteiger partial charge in [0.2, 0.25) is 0 Å². The molecule has 0 amide bonds. The van der Waals surface area contributed by atoms with Crippen molar-refractivity contribution < 1.29 is 19.8 Å². The van der Waals surface area contributed by atoms with Gasteiger partial charge in [0.1, 0.15) is 0 Å². The van der Waals surface area contributed by atoms with Crippen LogP contribution in [0.15, 0.2) is 0 Å². The molecular weight excluding hydrogens is 234 g/mol. The van der Waals surface area contributed by atoms with Crippen molar-refractivity contribution in [3.8, 4) is 6.07 Å². The molecule has 2 atom stereocenters. The zero-order valence-electron chi connectivity index (χ0n) is 11.4. The maximum atomic E-state index is 11.6. The third kappa shape index (κ3) is 2.07. The molecule has 0 spiro atoms. The van der Waals surface area contributed by atoms with E-state index in [1.165, 1.54) is 0 Å². The fraction of sp³-hybridized carbons (Fsp3) is 0.769. The summed E-state index contributed by atoms with van der Waals surface area (Å²) < 4.78 is 0. The van der Waals surface area contributed by atoms with E-state index in [1.54, 1.807) is 33.8 Å². The molecule has 5 nitrogen and oxygen atoms in total. The average molecular weight is 255 g/mol. The monoisotopic (exact) mass is 255 g/mol. The van der Waals surface area contributed by atoms with E-state index >= 15 is 0 Å². The van der Waals surface area contributed by atoms with Gasteiger partial charge < -0.3 is 10.2 Å². The second-order valence-electron chi connectivity index (χ2n) is 4.87. The second-order valence-corrected chi connectivity index (χ2v) is 4.87. The Balaban J connectivity index is 6.19. The van der Waals surface area contributed by atoms with Gasteiger partial charge in [0.25, 0.3) is 0 Å². The lowest BCUT2D eigenvalue weighted by Crippen LogP contribution is -2.54. The van der Waals surface area contributed by atoms with Crippen LogP contribution in [0.3, 0.4) is 0 Å². The molecule has 2 N–H and O–H groups in total. The minimum Gasteiger partial charge on any atom is -0.481 e. The normalized spacial score (nSPS) is 17.6. The molecule has 0 radical (unpaired) electrons. The fourth-order valence-electron chi connectivity index (χ4n) is 2.79. The number of rotatable bonds is 7. The summed E-state index contributed by atoms with van der Waals surface area (Å²) in [5.74, 6) is -3.13. The molecule has 0 bridgehead atoms. The van der Waals surface area contributed by atoms with E-state index in [9.17, 15) is 25.1 Å². The topological polar surface area (TPSA) is 98.4 Å². The molecular formula is C13H21NO4. The highest BCUT2D eigenvalue weighted by Gasteiger charge is 2.62. The zero-order valence-corrected chi connectivity index (χ0v) is 11.4. The van der Waals surface area contributed by atoms with Crippen molar-refractivity contribution >= 4 is 11.9 Å². The van der Waals surface area contributed by atoms with Crippen molar-refractivity contribution in [1.29, 1.82) is 5.26 Å². The van der Waals surface area contributed by atoms with Gasteiger partial charge in [-0.3, -0.25) is 9.59 Å². The lowest BCUT2D eigenvalue weighted by Gasteiger charge is -2.42. The molecule has 0 saturated carbocycles. The molecule has 0 fully saturated rings. The molecule has 18 heavy (non-hydrogen) atoms. The van der Waals surface area contributed by atoms with Crippen LogP contribution in [-0.2, 0) is 9.59 Å². The molecule has 0 aromatic heterocycles. The predicted molar refractivity (Wildman–Crippen MR) is 65.8 cm³/mol. The molecule has 102 valence electrons. The predicted octanol–water partition coefficient (Wildman–Crippen LogP) is 2.52. The van der Waals surface area contributed by atoms with Crippen molar-refractivity contribution in [2.75, 3.05) is 0 Å². The average Bonchev–Trinajstić information content (AvgIpc) is 2.27. The molecule has 2 unspecified atom stereocenters. The Labute approximate surface area is 107 Å². The highest BCUT2D eigenvalue weighted by atomic mass is 16.4. The molecule has 5 heteroatoms. The standard InChI is InChI=1S/C13H21NO4/c1-5-7-12(6-2,10(15)16)13(8-14,9(3)4)11(17)18/h9H,5-7H2,1-4H3,(H,15,16)(H,17,18). The molecule has 0 rings (SSSR count). The first-order valence-electron chi connectivity index (χ1n) is 6.14. The number of hydrogen-bond donors (Lipinski definition) is 2. The maximum absolute atomic E-state index is 11.6. The third-order valence-corrected chi connectivity index (χ3v) is 3.82. The van der Waals surface area contributed by atoms with Crippen LogP contribution < -0.4 is 0 Å². The largest absolute Gasteiger partial charge is 0.481 e. The summed E-state index contributed by atoms with van der Waals surface area (Å²) in [5.41, 5.74) is -3.44. The SMILES string of the molecule is CCCC(CC)(C(=O)O)C(C#N)(C(=O)O)C(C)C. The van der Waals surface area contributed by atoms with Crippen molar-refractivity contribution in [2.24, 2.45) is 16.7 Å². The van der Waals surface area contributed by atoms with Crippen LogP contribution in [-0.4, -0.2) is 22.2 Å². The van der Waals surface area contributed by atoms with E-state index in [2.05, 4.69) is 0 Å². The number of carboxylic acid groups (broad SMARTS) is 2. The van der Waals surface area contributed by atoms with E-state index < -0.39 is 28.7 Å².